The number of nitrogens with two attached hydrogens (primary N) is 1. The second-order valence-corrected chi connectivity index (χ2v) is 6.70. The number of nitrogen functional groups attached to an aromatic ring is 1. The van der Waals surface area contributed by atoms with E-state index >= 15 is 0 Å². The van der Waals surface area contributed by atoms with E-state index in [9.17, 15) is 4.79 Å². The first-order valence-corrected chi connectivity index (χ1v) is 7.92. The highest BCUT2D eigenvalue weighted by Gasteiger charge is 2.24. The predicted octanol–water partition coefficient (Wildman–Crippen LogP) is 3.80. The topological polar surface area (TPSA) is 55.6 Å². The number of thiophene rings is 1. The van der Waals surface area contributed by atoms with Gasteiger partial charge in [-0.25, -0.2) is 0 Å². The second-order valence-electron chi connectivity index (χ2n) is 5.70. The Hall–Kier alpha value is -1.23. The first-order valence-electron chi connectivity index (χ1n) is 7.11. The van der Waals surface area contributed by atoms with Crippen LogP contribution in [0, 0.1) is 5.92 Å². The number of anilines is 2. The smallest absolute Gasteiger partial charge is 0.177 e. The lowest BCUT2D eigenvalue weighted by Gasteiger charge is -2.22. The summed E-state index contributed by atoms with van der Waals surface area (Å²) >= 11 is 1.44. The first kappa shape index (κ1) is 16.8. The van der Waals surface area contributed by atoms with Crippen LogP contribution in [0.4, 0.5) is 10.7 Å². The van der Waals surface area contributed by atoms with Crippen molar-refractivity contribution in [3.05, 3.63) is 4.88 Å². The molecule has 20 heavy (non-hydrogen) atoms. The SMILES string of the molecule is CCC(=O)c1sc(N(C)CC(C)C)c(OC(C)C)c1N. The van der Waals surface area contributed by atoms with Crippen LogP contribution in [-0.4, -0.2) is 25.5 Å². The number of carbonyl (C=O) groups is 1. The molecule has 4 nitrogen and oxygen atoms in total. The number of ether oxygens (including phenoxy) is 1. The van der Waals surface area contributed by atoms with Crippen LogP contribution >= 0.6 is 11.3 Å². The molecule has 0 atom stereocenters. The number of rotatable bonds is 7. The number of hydrogen-bond donors (Lipinski definition) is 1. The zero-order chi connectivity index (χ0) is 15.4. The number of carbonyl (C=O) groups excluding carboxylic acids is 1. The average molecular weight is 298 g/mol. The van der Waals surface area contributed by atoms with E-state index < -0.39 is 0 Å². The van der Waals surface area contributed by atoms with E-state index in [1.807, 2.05) is 27.8 Å². The molecule has 0 aliphatic heterocycles. The molecule has 2 N–H and O–H groups in total. The highest BCUT2D eigenvalue weighted by molar-refractivity contribution is 7.19. The van der Waals surface area contributed by atoms with Crippen molar-refractivity contribution in [2.24, 2.45) is 5.92 Å². The van der Waals surface area contributed by atoms with Gasteiger partial charge in [-0.05, 0) is 19.8 Å². The molecule has 0 unspecified atom stereocenters. The van der Waals surface area contributed by atoms with Gasteiger partial charge in [0.15, 0.2) is 11.5 Å². The third kappa shape index (κ3) is 3.88. The Labute approximate surface area is 125 Å². The Morgan fingerprint density at radius 2 is 1.95 bits per heavy atom. The van der Waals surface area contributed by atoms with Crippen molar-refractivity contribution in [3.63, 3.8) is 0 Å². The van der Waals surface area contributed by atoms with E-state index in [4.69, 9.17) is 10.5 Å². The number of ketones is 1. The molecule has 114 valence electrons. The standard InChI is InChI=1S/C15H26N2O2S/c1-7-11(18)14-12(16)13(19-10(4)5)15(20-14)17(6)8-9(2)3/h9-10H,7-8,16H2,1-6H3. The summed E-state index contributed by atoms with van der Waals surface area (Å²) in [5, 5.41) is 0.946. The minimum Gasteiger partial charge on any atom is -0.486 e. The third-order valence-corrected chi connectivity index (χ3v) is 4.14. The van der Waals surface area contributed by atoms with E-state index in [0.29, 0.717) is 28.7 Å². The Bertz CT molecular complexity index is 467. The fourth-order valence-corrected chi connectivity index (χ4v) is 3.15. The fourth-order valence-electron chi connectivity index (χ4n) is 2.02. The molecule has 0 fully saturated rings. The molecule has 0 aromatic carbocycles. The lowest BCUT2D eigenvalue weighted by Crippen LogP contribution is -2.22. The van der Waals surface area contributed by atoms with Gasteiger partial charge in [0.25, 0.3) is 0 Å². The Balaban J connectivity index is 3.22. The van der Waals surface area contributed by atoms with Gasteiger partial charge < -0.3 is 15.4 Å². The first-order chi connectivity index (χ1) is 9.27. The maximum atomic E-state index is 12.0. The Morgan fingerprint density at radius 3 is 2.40 bits per heavy atom. The molecule has 1 aromatic heterocycles. The van der Waals surface area contributed by atoms with Crippen molar-refractivity contribution >= 4 is 27.8 Å². The third-order valence-electron chi connectivity index (χ3n) is 2.80. The zero-order valence-electron chi connectivity index (χ0n) is 13.3. The fraction of sp³-hybridized carbons (Fsp3) is 0.667. The normalized spacial score (nSPS) is 11.2. The van der Waals surface area contributed by atoms with Crippen LogP contribution in [0.2, 0.25) is 0 Å². The molecule has 0 spiro atoms. The highest BCUT2D eigenvalue weighted by Crippen LogP contribution is 2.45. The molecule has 0 saturated heterocycles. The lowest BCUT2D eigenvalue weighted by atomic mass is 10.2. The molecule has 5 heteroatoms. The number of nitrogens with zero attached hydrogens (tertiary/aromatic N) is 1. The summed E-state index contributed by atoms with van der Waals surface area (Å²) in [6, 6.07) is 0. The lowest BCUT2D eigenvalue weighted by molar-refractivity contribution is 0.0992. The monoisotopic (exact) mass is 298 g/mol. The second kappa shape index (κ2) is 6.97. The van der Waals surface area contributed by atoms with Gasteiger partial charge in [0, 0.05) is 20.0 Å². The summed E-state index contributed by atoms with van der Waals surface area (Å²) < 4.78 is 5.85. The van der Waals surface area contributed by atoms with Gasteiger partial charge in [0.1, 0.15) is 5.00 Å². The molecule has 1 heterocycles. The molecule has 0 radical (unpaired) electrons. The van der Waals surface area contributed by atoms with Gasteiger partial charge in [-0.3, -0.25) is 4.79 Å². The molecule has 1 aromatic rings. The van der Waals surface area contributed by atoms with Crippen molar-refractivity contribution in [1.29, 1.82) is 0 Å². The van der Waals surface area contributed by atoms with E-state index in [0.717, 1.165) is 11.5 Å². The minimum atomic E-state index is 0.0303. The maximum absolute atomic E-state index is 12.0. The number of Topliss-reactive ketones (excluding diaryl/α,β-unsaturated/α-hetero) is 1. The summed E-state index contributed by atoms with van der Waals surface area (Å²) in [5.74, 6) is 1.26. The van der Waals surface area contributed by atoms with E-state index in [-0.39, 0.29) is 11.9 Å². The zero-order valence-corrected chi connectivity index (χ0v) is 14.1. The van der Waals surface area contributed by atoms with E-state index in [2.05, 4.69) is 18.7 Å². The summed E-state index contributed by atoms with van der Waals surface area (Å²) in [5.41, 5.74) is 6.62. The van der Waals surface area contributed by atoms with Crippen molar-refractivity contribution in [3.8, 4) is 5.75 Å². The van der Waals surface area contributed by atoms with Crippen molar-refractivity contribution in [2.45, 2.75) is 47.1 Å². The molecule has 1 rings (SSSR count). The van der Waals surface area contributed by atoms with Crippen LogP contribution in [-0.2, 0) is 0 Å². The van der Waals surface area contributed by atoms with Gasteiger partial charge in [0.2, 0.25) is 0 Å². The number of hydrogen-bond acceptors (Lipinski definition) is 5. The van der Waals surface area contributed by atoms with Gasteiger partial charge in [-0.1, -0.05) is 20.8 Å². The van der Waals surface area contributed by atoms with Crippen molar-refractivity contribution in [1.82, 2.24) is 0 Å². The summed E-state index contributed by atoms with van der Waals surface area (Å²) in [4.78, 5) is 14.7. The van der Waals surface area contributed by atoms with Crippen molar-refractivity contribution < 1.29 is 9.53 Å². The molecule has 0 bridgehead atoms. The van der Waals surface area contributed by atoms with Gasteiger partial charge in [0.05, 0.1) is 16.7 Å². The van der Waals surface area contributed by atoms with Crippen molar-refractivity contribution in [2.75, 3.05) is 24.2 Å². The van der Waals surface area contributed by atoms with Crippen LogP contribution in [0.15, 0.2) is 0 Å². The van der Waals surface area contributed by atoms with Gasteiger partial charge >= 0.3 is 0 Å². The molecule has 0 amide bonds. The van der Waals surface area contributed by atoms with Crippen LogP contribution in [0.25, 0.3) is 0 Å². The van der Waals surface area contributed by atoms with Crippen LogP contribution in [0.5, 0.6) is 5.75 Å². The van der Waals surface area contributed by atoms with Gasteiger partial charge in [-0.15, -0.1) is 11.3 Å². The summed E-state index contributed by atoms with van der Waals surface area (Å²) in [7, 11) is 2.01. The van der Waals surface area contributed by atoms with Crippen LogP contribution in [0.3, 0.4) is 0 Å². The molecular formula is C15H26N2O2S. The van der Waals surface area contributed by atoms with E-state index in [1.54, 1.807) is 0 Å². The Morgan fingerprint density at radius 1 is 1.35 bits per heavy atom. The molecular weight excluding hydrogens is 272 g/mol. The largest absolute Gasteiger partial charge is 0.486 e. The molecule has 0 aliphatic rings. The quantitative estimate of drug-likeness (QED) is 0.778. The average Bonchev–Trinajstić information content (AvgIpc) is 2.65. The van der Waals surface area contributed by atoms with E-state index in [1.165, 1.54) is 11.3 Å². The van der Waals surface area contributed by atoms with Crippen LogP contribution < -0.4 is 15.4 Å². The minimum absolute atomic E-state index is 0.0303. The highest BCUT2D eigenvalue weighted by atomic mass is 32.1. The molecule has 0 saturated carbocycles. The summed E-state index contributed by atoms with van der Waals surface area (Å²) in [6.07, 6.45) is 0.488. The molecule has 0 aliphatic carbocycles. The predicted molar refractivity (Wildman–Crippen MR) is 87.2 cm³/mol. The maximum Gasteiger partial charge on any atom is 0.177 e. The Kier molecular flexibility index (Phi) is 5.87. The van der Waals surface area contributed by atoms with Crippen LogP contribution in [0.1, 0.15) is 50.7 Å². The van der Waals surface area contributed by atoms with Gasteiger partial charge in [-0.2, -0.15) is 0 Å². The summed E-state index contributed by atoms with van der Waals surface area (Å²) in [6.45, 7) is 11.0.